The highest BCUT2D eigenvalue weighted by atomic mass is 16.5. The molecule has 0 unspecified atom stereocenters. The Morgan fingerprint density at radius 2 is 1.70 bits per heavy atom. The molecule has 150 valence electrons. The number of ether oxygens (including phenoxy) is 1. The maximum atomic E-state index is 11.1. The van der Waals surface area contributed by atoms with E-state index in [-0.39, 0.29) is 12.4 Å². The van der Waals surface area contributed by atoms with Crippen LogP contribution >= 0.6 is 0 Å². The summed E-state index contributed by atoms with van der Waals surface area (Å²) in [6.45, 7) is 15.1. The number of hydrogen-bond donors (Lipinski definition) is 1. The Morgan fingerprint density at radius 1 is 1.07 bits per heavy atom. The number of carbonyl (C=O) groups excluding carboxylic acids is 1. The molecule has 1 rings (SSSR count). The molecule has 0 spiro atoms. The molecule has 0 bridgehead atoms. The van der Waals surface area contributed by atoms with Gasteiger partial charge in [-0.25, -0.2) is 4.79 Å². The first-order valence-corrected chi connectivity index (χ1v) is 9.27. The Bertz CT molecular complexity index is 547. The first-order valence-electron chi connectivity index (χ1n) is 9.27. The lowest BCUT2D eigenvalue weighted by Gasteiger charge is -2.04. The molecule has 0 heterocycles. The quantitative estimate of drug-likeness (QED) is 0.234. The van der Waals surface area contributed by atoms with Crippen LogP contribution in [0.4, 0.5) is 0 Å². The molecule has 1 aromatic carbocycles. The van der Waals surface area contributed by atoms with Gasteiger partial charge in [0.15, 0.2) is 0 Å². The predicted molar refractivity (Wildman–Crippen MR) is 114 cm³/mol. The molecule has 27 heavy (non-hydrogen) atoms. The minimum Gasteiger partial charge on any atom is -0.481 e. The Morgan fingerprint density at radius 3 is 2.07 bits per heavy atom. The van der Waals surface area contributed by atoms with E-state index in [2.05, 4.69) is 26.7 Å². The van der Waals surface area contributed by atoms with Crippen LogP contribution in [0.2, 0.25) is 0 Å². The number of benzene rings is 1. The summed E-state index contributed by atoms with van der Waals surface area (Å²) in [4.78, 5) is 20.6. The first kappa shape index (κ1) is 26.6. The van der Waals surface area contributed by atoms with Gasteiger partial charge in [-0.3, -0.25) is 4.79 Å². The highest BCUT2D eigenvalue weighted by Gasteiger charge is 2.04. The van der Waals surface area contributed by atoms with Crippen molar-refractivity contribution < 1.29 is 19.4 Å². The maximum absolute atomic E-state index is 11.1. The van der Waals surface area contributed by atoms with Crippen LogP contribution in [0, 0.1) is 0 Å². The van der Waals surface area contributed by atoms with E-state index in [0.29, 0.717) is 18.6 Å². The number of carboxylic acids is 1. The molecule has 4 nitrogen and oxygen atoms in total. The van der Waals surface area contributed by atoms with Crippen molar-refractivity contribution in [3.05, 3.63) is 67.3 Å². The molecular weight excluding hydrogens is 340 g/mol. The van der Waals surface area contributed by atoms with Gasteiger partial charge in [0.2, 0.25) is 0 Å². The van der Waals surface area contributed by atoms with Crippen LogP contribution in [-0.4, -0.2) is 23.7 Å². The van der Waals surface area contributed by atoms with Crippen molar-refractivity contribution in [2.24, 2.45) is 0 Å². The van der Waals surface area contributed by atoms with Crippen molar-refractivity contribution in [3.8, 4) is 0 Å². The second kappa shape index (κ2) is 19.7. The number of unbranched alkanes of at least 4 members (excludes halogenated alkanes) is 3. The number of carboxylic acid groups (broad SMARTS) is 1. The third kappa shape index (κ3) is 19.6. The lowest BCUT2D eigenvalue weighted by molar-refractivity contribution is -0.139. The van der Waals surface area contributed by atoms with Gasteiger partial charge in [0.05, 0.1) is 13.0 Å². The molecule has 0 aliphatic rings. The standard InChI is InChI=1S/C11H20O2.C8H8.C4H6O2/c1-4-6-7-8-9-13-11(12)10(3)5-2;1-2-8-6-4-3-5-7-8;1-2-3-4(5)6/h3-9H2,1-2H3;2-7H,1H2;2H,1,3H2,(H,5,6). The molecule has 0 fully saturated rings. The normalized spacial score (nSPS) is 8.81. The summed E-state index contributed by atoms with van der Waals surface area (Å²) < 4.78 is 5.00. The minimum absolute atomic E-state index is 0.0556. The fraction of sp³-hybridized carbons (Fsp3) is 0.391. The molecule has 0 aromatic heterocycles. The molecule has 0 aliphatic carbocycles. The van der Waals surface area contributed by atoms with Crippen LogP contribution in [0.3, 0.4) is 0 Å². The van der Waals surface area contributed by atoms with Crippen LogP contribution in [-0.2, 0) is 14.3 Å². The van der Waals surface area contributed by atoms with Crippen LogP contribution < -0.4 is 0 Å². The molecule has 0 radical (unpaired) electrons. The maximum Gasteiger partial charge on any atom is 0.333 e. The molecular formula is C23H34O4. The van der Waals surface area contributed by atoms with Gasteiger partial charge < -0.3 is 9.84 Å². The summed E-state index contributed by atoms with van der Waals surface area (Å²) in [6.07, 6.45) is 8.44. The van der Waals surface area contributed by atoms with Crippen molar-refractivity contribution in [1.82, 2.24) is 0 Å². The van der Waals surface area contributed by atoms with Gasteiger partial charge in [-0.2, -0.15) is 0 Å². The Labute approximate surface area is 164 Å². The second-order valence-corrected chi connectivity index (χ2v) is 5.66. The molecule has 0 saturated carbocycles. The molecule has 1 aromatic rings. The van der Waals surface area contributed by atoms with Gasteiger partial charge in [-0.1, -0.05) is 88.8 Å². The smallest absolute Gasteiger partial charge is 0.333 e. The number of rotatable bonds is 10. The van der Waals surface area contributed by atoms with Gasteiger partial charge in [0, 0.05) is 5.57 Å². The third-order valence-electron chi connectivity index (χ3n) is 3.30. The van der Waals surface area contributed by atoms with E-state index < -0.39 is 5.97 Å². The summed E-state index contributed by atoms with van der Waals surface area (Å²) in [5, 5.41) is 7.84. The number of carbonyl (C=O) groups is 2. The van der Waals surface area contributed by atoms with Crippen LogP contribution in [0.15, 0.2) is 61.7 Å². The molecule has 0 aliphatic heterocycles. The topological polar surface area (TPSA) is 63.6 Å². The average molecular weight is 375 g/mol. The van der Waals surface area contributed by atoms with Crippen molar-refractivity contribution in [2.75, 3.05) is 6.61 Å². The second-order valence-electron chi connectivity index (χ2n) is 5.66. The summed E-state index contributed by atoms with van der Waals surface area (Å²) in [5.41, 5.74) is 1.74. The lowest BCUT2D eigenvalue weighted by Crippen LogP contribution is -2.07. The van der Waals surface area contributed by atoms with Gasteiger partial charge in [-0.15, -0.1) is 6.58 Å². The van der Waals surface area contributed by atoms with E-state index in [1.54, 1.807) is 0 Å². The van der Waals surface area contributed by atoms with E-state index in [9.17, 15) is 9.59 Å². The molecule has 0 atom stereocenters. The number of esters is 1. The molecule has 0 saturated heterocycles. The Hall–Kier alpha value is -2.62. The van der Waals surface area contributed by atoms with Gasteiger partial charge in [0.25, 0.3) is 0 Å². The molecule has 0 amide bonds. The molecule has 1 N–H and O–H groups in total. The van der Waals surface area contributed by atoms with Gasteiger partial charge in [-0.05, 0) is 18.4 Å². The highest BCUT2D eigenvalue weighted by Crippen LogP contribution is 2.03. The van der Waals surface area contributed by atoms with Crippen molar-refractivity contribution in [3.63, 3.8) is 0 Å². The predicted octanol–water partition coefficient (Wildman–Crippen LogP) is 6.05. The fourth-order valence-corrected chi connectivity index (χ4v) is 1.65. The van der Waals surface area contributed by atoms with E-state index in [0.717, 1.165) is 12.8 Å². The largest absolute Gasteiger partial charge is 0.481 e. The van der Waals surface area contributed by atoms with E-state index >= 15 is 0 Å². The van der Waals surface area contributed by atoms with E-state index in [1.807, 2.05) is 43.3 Å². The zero-order chi connectivity index (χ0) is 20.9. The average Bonchev–Trinajstić information content (AvgIpc) is 2.68. The summed E-state index contributed by atoms with van der Waals surface area (Å²) in [6, 6.07) is 10.0. The SMILES string of the molecule is C=C(CC)C(=O)OCCCCCC.C=CCC(=O)O.C=Cc1ccccc1. The fourth-order valence-electron chi connectivity index (χ4n) is 1.65. The minimum atomic E-state index is -0.829. The van der Waals surface area contributed by atoms with Crippen LogP contribution in [0.25, 0.3) is 6.08 Å². The summed E-state index contributed by atoms with van der Waals surface area (Å²) in [7, 11) is 0. The van der Waals surface area contributed by atoms with E-state index in [1.165, 1.54) is 24.5 Å². The zero-order valence-electron chi connectivity index (χ0n) is 16.8. The molecule has 4 heteroatoms. The van der Waals surface area contributed by atoms with Crippen molar-refractivity contribution in [2.45, 2.75) is 52.4 Å². The number of hydrogen-bond acceptors (Lipinski definition) is 3. The third-order valence-corrected chi connectivity index (χ3v) is 3.30. The van der Waals surface area contributed by atoms with Gasteiger partial charge in [0.1, 0.15) is 0 Å². The monoisotopic (exact) mass is 374 g/mol. The van der Waals surface area contributed by atoms with Gasteiger partial charge >= 0.3 is 11.9 Å². The number of aliphatic carboxylic acids is 1. The lowest BCUT2D eigenvalue weighted by atomic mass is 10.2. The Balaban J connectivity index is 0. The Kier molecular flexibility index (Phi) is 19.4. The summed E-state index contributed by atoms with van der Waals surface area (Å²) in [5.74, 6) is -1.07. The van der Waals surface area contributed by atoms with E-state index in [4.69, 9.17) is 9.84 Å². The zero-order valence-corrected chi connectivity index (χ0v) is 16.8. The van der Waals surface area contributed by atoms with Crippen molar-refractivity contribution >= 4 is 18.0 Å². The van der Waals surface area contributed by atoms with Crippen LogP contribution in [0.5, 0.6) is 0 Å². The van der Waals surface area contributed by atoms with Crippen molar-refractivity contribution in [1.29, 1.82) is 0 Å². The summed E-state index contributed by atoms with van der Waals surface area (Å²) >= 11 is 0. The highest BCUT2D eigenvalue weighted by molar-refractivity contribution is 5.87. The van der Waals surface area contributed by atoms with Crippen LogP contribution in [0.1, 0.15) is 57.9 Å². The first-order chi connectivity index (χ1) is 12.9.